The molecule has 3 nitrogen and oxygen atoms in total. The van der Waals surface area contributed by atoms with Gasteiger partial charge >= 0.3 is 0 Å². The van der Waals surface area contributed by atoms with Crippen molar-refractivity contribution in [1.82, 2.24) is 4.98 Å². The summed E-state index contributed by atoms with van der Waals surface area (Å²) in [7, 11) is 2.04. The number of thiazole rings is 1. The van der Waals surface area contributed by atoms with Crippen LogP contribution in [-0.2, 0) is 19.6 Å². The van der Waals surface area contributed by atoms with Crippen LogP contribution in [0.3, 0.4) is 0 Å². The Kier molecular flexibility index (Phi) is 5.38. The van der Waals surface area contributed by atoms with Crippen molar-refractivity contribution in [2.24, 2.45) is 0 Å². The van der Waals surface area contributed by atoms with Crippen molar-refractivity contribution in [3.8, 4) is 0 Å². The third-order valence-electron chi connectivity index (χ3n) is 2.74. The van der Waals surface area contributed by atoms with Crippen LogP contribution in [0.15, 0.2) is 15.9 Å². The van der Waals surface area contributed by atoms with Crippen molar-refractivity contribution in [3.63, 3.8) is 0 Å². The fourth-order valence-corrected chi connectivity index (χ4v) is 4.26. The van der Waals surface area contributed by atoms with E-state index in [-0.39, 0.29) is 6.61 Å². The summed E-state index contributed by atoms with van der Waals surface area (Å²) in [5, 5.41) is 12.5. The first-order valence-electron chi connectivity index (χ1n) is 6.17. The predicted octanol–water partition coefficient (Wildman–Crippen LogP) is 4.05. The normalized spacial score (nSPS) is 10.9. The van der Waals surface area contributed by atoms with Crippen LogP contribution in [0.4, 0.5) is 5.13 Å². The van der Waals surface area contributed by atoms with E-state index in [1.165, 1.54) is 4.88 Å². The maximum atomic E-state index is 9.38. The van der Waals surface area contributed by atoms with Gasteiger partial charge in [-0.25, -0.2) is 4.98 Å². The van der Waals surface area contributed by atoms with E-state index >= 15 is 0 Å². The van der Waals surface area contributed by atoms with Gasteiger partial charge in [-0.15, -0.1) is 11.3 Å². The molecule has 0 saturated heterocycles. The number of nitrogens with zero attached hydrogens (tertiary/aromatic N) is 2. The summed E-state index contributed by atoms with van der Waals surface area (Å²) in [4.78, 5) is 9.09. The molecule has 0 radical (unpaired) electrons. The second-order valence-electron chi connectivity index (χ2n) is 4.36. The molecule has 0 atom stereocenters. The topological polar surface area (TPSA) is 36.4 Å². The third kappa shape index (κ3) is 3.78. The highest BCUT2D eigenvalue weighted by Crippen LogP contribution is 2.29. The van der Waals surface area contributed by atoms with Gasteiger partial charge in [0.15, 0.2) is 5.13 Å². The summed E-state index contributed by atoms with van der Waals surface area (Å²) in [6.45, 7) is 3.07. The Bertz CT molecular complexity index is 538. The highest BCUT2D eigenvalue weighted by Gasteiger charge is 2.13. The molecule has 2 rings (SSSR count). The van der Waals surface area contributed by atoms with Gasteiger partial charge in [-0.2, -0.15) is 0 Å². The number of aryl methyl sites for hydroxylation is 1. The molecule has 0 aliphatic carbocycles. The molecule has 0 fully saturated rings. The van der Waals surface area contributed by atoms with Crippen molar-refractivity contribution in [3.05, 3.63) is 31.4 Å². The van der Waals surface area contributed by atoms with Crippen LogP contribution in [0.1, 0.15) is 28.8 Å². The summed E-state index contributed by atoms with van der Waals surface area (Å²) in [5.74, 6) is 0. The molecule has 0 bridgehead atoms. The van der Waals surface area contributed by atoms with E-state index in [1.54, 1.807) is 22.7 Å². The van der Waals surface area contributed by atoms with E-state index in [0.29, 0.717) is 0 Å². The fraction of sp³-hybridized carbons (Fsp3) is 0.462. The van der Waals surface area contributed by atoms with E-state index in [9.17, 15) is 5.11 Å². The molecule has 2 aromatic rings. The average Bonchev–Trinajstić information content (AvgIpc) is 2.96. The van der Waals surface area contributed by atoms with Crippen LogP contribution >= 0.6 is 38.6 Å². The molecule has 1 N–H and O–H groups in total. The number of aliphatic hydroxyl groups is 1. The lowest BCUT2D eigenvalue weighted by Crippen LogP contribution is -2.15. The lowest BCUT2D eigenvalue weighted by atomic mass is 10.2. The predicted molar refractivity (Wildman–Crippen MR) is 86.2 cm³/mol. The van der Waals surface area contributed by atoms with Gasteiger partial charge in [0.2, 0.25) is 0 Å². The van der Waals surface area contributed by atoms with Crippen LogP contribution in [0, 0.1) is 0 Å². The van der Waals surface area contributed by atoms with E-state index in [0.717, 1.165) is 39.6 Å². The second-order valence-corrected chi connectivity index (χ2v) is 7.34. The lowest BCUT2D eigenvalue weighted by Gasteiger charge is -2.14. The first-order valence-corrected chi connectivity index (χ1v) is 8.66. The van der Waals surface area contributed by atoms with Gasteiger partial charge in [-0.3, -0.25) is 0 Å². The van der Waals surface area contributed by atoms with Gasteiger partial charge in [0.05, 0.1) is 23.7 Å². The molecular formula is C13H17BrN2OS2. The van der Waals surface area contributed by atoms with Crippen molar-refractivity contribution < 1.29 is 5.11 Å². The number of anilines is 1. The molecule has 2 aromatic heterocycles. The standard InChI is InChI=1S/C13H17BrN2OS2/c1-3-4-11-12(7-17)19-13(15-11)16(2)6-10-5-9(14)8-18-10/h5,8,17H,3-4,6-7H2,1-2H3. The lowest BCUT2D eigenvalue weighted by molar-refractivity contribution is 0.284. The molecule has 0 aliphatic rings. The molecule has 0 spiro atoms. The number of aromatic nitrogens is 1. The zero-order chi connectivity index (χ0) is 13.8. The van der Waals surface area contributed by atoms with Crippen molar-refractivity contribution >= 4 is 43.7 Å². The van der Waals surface area contributed by atoms with Crippen LogP contribution in [-0.4, -0.2) is 17.1 Å². The molecule has 0 amide bonds. The average molecular weight is 361 g/mol. The van der Waals surface area contributed by atoms with Crippen molar-refractivity contribution in [2.45, 2.75) is 32.9 Å². The minimum absolute atomic E-state index is 0.0887. The zero-order valence-electron chi connectivity index (χ0n) is 11.0. The largest absolute Gasteiger partial charge is 0.391 e. The first kappa shape index (κ1) is 15.0. The van der Waals surface area contributed by atoms with Crippen LogP contribution in [0.2, 0.25) is 0 Å². The Hall–Kier alpha value is -0.430. The summed E-state index contributed by atoms with van der Waals surface area (Å²) in [6.07, 6.45) is 1.99. The molecule has 6 heteroatoms. The molecule has 0 aromatic carbocycles. The molecule has 0 unspecified atom stereocenters. The quantitative estimate of drug-likeness (QED) is 0.843. The second kappa shape index (κ2) is 6.83. The van der Waals surface area contributed by atoms with Crippen molar-refractivity contribution in [1.29, 1.82) is 0 Å². The van der Waals surface area contributed by atoms with Crippen LogP contribution in [0.25, 0.3) is 0 Å². The number of thiophene rings is 1. The van der Waals surface area contributed by atoms with Crippen LogP contribution < -0.4 is 4.90 Å². The molecule has 2 heterocycles. The summed E-state index contributed by atoms with van der Waals surface area (Å²) < 4.78 is 1.13. The SMILES string of the molecule is CCCc1nc(N(C)Cc2cc(Br)cs2)sc1CO. The molecule has 19 heavy (non-hydrogen) atoms. The third-order valence-corrected chi connectivity index (χ3v) is 5.62. The van der Waals surface area contributed by atoms with Crippen molar-refractivity contribution in [2.75, 3.05) is 11.9 Å². The highest BCUT2D eigenvalue weighted by molar-refractivity contribution is 9.10. The Morgan fingerprint density at radius 2 is 2.26 bits per heavy atom. The van der Waals surface area contributed by atoms with Gasteiger partial charge in [-0.05, 0) is 28.4 Å². The monoisotopic (exact) mass is 360 g/mol. The van der Waals surface area contributed by atoms with E-state index in [1.807, 2.05) is 7.05 Å². The molecule has 0 saturated carbocycles. The Balaban J connectivity index is 2.12. The Labute approximate surface area is 130 Å². The number of aliphatic hydroxyl groups excluding tert-OH is 1. The van der Waals surface area contributed by atoms with Crippen LogP contribution in [0.5, 0.6) is 0 Å². The first-order chi connectivity index (χ1) is 9.13. The maximum absolute atomic E-state index is 9.38. The summed E-state index contributed by atoms with van der Waals surface area (Å²) >= 11 is 6.80. The smallest absolute Gasteiger partial charge is 0.185 e. The molecule has 104 valence electrons. The number of hydrogen-bond donors (Lipinski definition) is 1. The summed E-state index contributed by atoms with van der Waals surface area (Å²) in [6, 6.07) is 2.13. The number of halogens is 1. The number of rotatable bonds is 6. The van der Waals surface area contributed by atoms with Gasteiger partial charge in [0.25, 0.3) is 0 Å². The minimum atomic E-state index is 0.0887. The zero-order valence-corrected chi connectivity index (χ0v) is 14.2. The molecular weight excluding hydrogens is 344 g/mol. The fourth-order valence-electron chi connectivity index (χ4n) is 1.83. The van der Waals surface area contributed by atoms with E-state index < -0.39 is 0 Å². The van der Waals surface area contributed by atoms with Gasteiger partial charge in [0, 0.05) is 21.8 Å². The van der Waals surface area contributed by atoms with E-state index in [2.05, 4.69) is 44.2 Å². The minimum Gasteiger partial charge on any atom is -0.391 e. The summed E-state index contributed by atoms with van der Waals surface area (Å²) in [5.41, 5.74) is 1.05. The highest BCUT2D eigenvalue weighted by atomic mass is 79.9. The van der Waals surface area contributed by atoms with Gasteiger partial charge < -0.3 is 10.0 Å². The van der Waals surface area contributed by atoms with Gasteiger partial charge in [0.1, 0.15) is 0 Å². The Morgan fingerprint density at radius 1 is 1.47 bits per heavy atom. The van der Waals surface area contributed by atoms with Gasteiger partial charge in [-0.1, -0.05) is 24.7 Å². The maximum Gasteiger partial charge on any atom is 0.185 e. The number of hydrogen-bond acceptors (Lipinski definition) is 5. The Morgan fingerprint density at radius 3 is 2.84 bits per heavy atom. The molecule has 0 aliphatic heterocycles. The van der Waals surface area contributed by atoms with E-state index in [4.69, 9.17) is 0 Å².